The molecule has 0 amide bonds. The van der Waals surface area contributed by atoms with Crippen LogP contribution in [0.5, 0.6) is 0 Å². The number of nitrogens with zero attached hydrogens (tertiary/aromatic N) is 9. The number of pyridine rings is 1. The van der Waals surface area contributed by atoms with Crippen molar-refractivity contribution in [2.45, 2.75) is 101 Å². The van der Waals surface area contributed by atoms with Crippen molar-refractivity contribution in [2.24, 2.45) is 10.2 Å². The number of nitriles is 1. The second-order valence-electron chi connectivity index (χ2n) is 16.8. The van der Waals surface area contributed by atoms with E-state index in [0.29, 0.717) is 72.7 Å². The monoisotopic (exact) mass is 1130 g/mol. The number of aryl methyl sites for hydroxylation is 6. The first-order valence-corrected chi connectivity index (χ1v) is 29.3. The molecule has 5 N–H and O–H groups in total. The van der Waals surface area contributed by atoms with Gasteiger partial charge in [0.05, 0.1) is 53.6 Å². The standard InChI is InChI=1S/C47H46N10O12S6/c1-9-27-17-24(6)42(72-69-68-58)31(11-3)40(27)52-44-39(53-54-45-33(22-48)26(8)55-57(45)47-50-35-16-14-30(74(62,63)64)21-37(35)71-47)23(5)19-38(51-44)56(46-49-34-15-13-29(73(59,60)61)20-36(34)70-46)41-28(10-2)18-25(7)43(32(41)12-4)75(65,66)67/h13-21,58H,9-12H2,1-8H3,(H,51,52)(H,59,60,61)(H,62,63,64)(H,65,66,67). The molecule has 0 unspecified atom stereocenters. The van der Waals surface area contributed by atoms with Gasteiger partial charge in [-0.15, -0.1) is 14.6 Å². The Bertz CT molecular complexity index is 4040. The molecule has 0 radical (unpaired) electrons. The Kier molecular flexibility index (Phi) is 15.6. The molecule has 0 bridgehead atoms. The highest BCUT2D eigenvalue weighted by molar-refractivity contribution is 7.94. The molecule has 0 fully saturated rings. The smallest absolute Gasteiger partial charge is 0.295 e. The van der Waals surface area contributed by atoms with Crippen LogP contribution in [0.2, 0.25) is 0 Å². The summed E-state index contributed by atoms with van der Waals surface area (Å²) in [6.07, 6.45) is 1.38. The summed E-state index contributed by atoms with van der Waals surface area (Å²) in [6, 6.07) is 15.2. The average molecular weight is 1140 g/mol. The number of nitrogens with one attached hydrogen (secondary N) is 1. The fourth-order valence-electron chi connectivity index (χ4n) is 8.72. The quantitative estimate of drug-likeness (QED) is 0.0175. The Balaban J connectivity index is 1.44. The van der Waals surface area contributed by atoms with Crippen molar-refractivity contribution in [3.63, 3.8) is 0 Å². The van der Waals surface area contributed by atoms with Crippen molar-refractivity contribution in [3.8, 4) is 11.2 Å². The number of benzene rings is 4. The fraction of sp³-hybridized carbons (Fsp3) is 0.255. The molecule has 4 aromatic carbocycles. The summed E-state index contributed by atoms with van der Waals surface area (Å²) in [6.45, 7) is 14.3. The van der Waals surface area contributed by atoms with Gasteiger partial charge in [0.1, 0.15) is 28.0 Å². The van der Waals surface area contributed by atoms with Gasteiger partial charge in [-0.05, 0) is 135 Å². The van der Waals surface area contributed by atoms with Crippen LogP contribution in [0, 0.1) is 39.0 Å². The molecular formula is C47H46N10O12S6. The first-order valence-electron chi connectivity index (χ1n) is 22.7. The predicted octanol–water partition coefficient (Wildman–Crippen LogP) is 11.6. The zero-order valence-corrected chi connectivity index (χ0v) is 46.0. The Morgan fingerprint density at radius 3 is 1.93 bits per heavy atom. The summed E-state index contributed by atoms with van der Waals surface area (Å²) in [5, 5.41) is 41.5. The molecule has 0 aliphatic carbocycles. The van der Waals surface area contributed by atoms with E-state index in [1.807, 2.05) is 33.8 Å². The van der Waals surface area contributed by atoms with E-state index in [4.69, 9.17) is 19.4 Å². The topological polar surface area (TPSA) is 322 Å². The molecule has 0 saturated carbocycles. The van der Waals surface area contributed by atoms with Gasteiger partial charge in [0.25, 0.3) is 30.4 Å². The number of hydrogen-bond acceptors (Lipinski definition) is 21. The number of aromatic nitrogens is 5. The normalized spacial score (nSPS) is 12.4. The van der Waals surface area contributed by atoms with Crippen LogP contribution in [-0.2, 0) is 65.4 Å². The van der Waals surface area contributed by atoms with Crippen molar-refractivity contribution in [1.82, 2.24) is 24.7 Å². The lowest BCUT2D eigenvalue weighted by molar-refractivity contribution is -0.432. The summed E-state index contributed by atoms with van der Waals surface area (Å²) in [5.74, 6) is 0.175. The van der Waals surface area contributed by atoms with Crippen molar-refractivity contribution < 1.29 is 53.5 Å². The Hall–Kier alpha value is -6.33. The zero-order valence-electron chi connectivity index (χ0n) is 41.1. The van der Waals surface area contributed by atoms with Crippen LogP contribution in [0.1, 0.15) is 77.9 Å². The van der Waals surface area contributed by atoms with E-state index in [1.165, 1.54) is 41.1 Å². The lowest BCUT2D eigenvalue weighted by atomic mass is 9.98. The van der Waals surface area contributed by atoms with E-state index in [0.717, 1.165) is 51.4 Å². The molecule has 0 spiro atoms. The van der Waals surface area contributed by atoms with E-state index in [1.54, 1.807) is 44.7 Å². The van der Waals surface area contributed by atoms with Crippen molar-refractivity contribution in [3.05, 3.63) is 105 Å². The maximum atomic E-state index is 13.3. The highest BCUT2D eigenvalue weighted by Crippen LogP contribution is 2.48. The summed E-state index contributed by atoms with van der Waals surface area (Å²) >= 11 is 2.84. The van der Waals surface area contributed by atoms with Gasteiger partial charge in [-0.2, -0.15) is 40.3 Å². The number of hydrogen-bond donors (Lipinski definition) is 5. The third-order valence-corrected chi connectivity index (χ3v) is 17.7. The number of anilines is 5. The van der Waals surface area contributed by atoms with Crippen LogP contribution in [0.25, 0.3) is 25.6 Å². The van der Waals surface area contributed by atoms with Crippen LogP contribution >= 0.6 is 34.7 Å². The third-order valence-electron chi connectivity index (χ3n) is 12.1. The molecule has 22 nitrogen and oxygen atoms in total. The minimum Gasteiger partial charge on any atom is -0.338 e. The van der Waals surface area contributed by atoms with Gasteiger partial charge in [0.2, 0.25) is 5.13 Å². The van der Waals surface area contributed by atoms with E-state index in [2.05, 4.69) is 31.6 Å². The van der Waals surface area contributed by atoms with Crippen LogP contribution < -0.4 is 10.2 Å². The van der Waals surface area contributed by atoms with Gasteiger partial charge < -0.3 is 5.32 Å². The third kappa shape index (κ3) is 10.8. The van der Waals surface area contributed by atoms with Crippen molar-refractivity contribution >= 4 is 125 Å². The molecule has 28 heteroatoms. The van der Waals surface area contributed by atoms with Gasteiger partial charge in [-0.1, -0.05) is 67.5 Å². The Morgan fingerprint density at radius 2 is 1.36 bits per heavy atom. The second-order valence-corrected chi connectivity index (χ2v) is 23.8. The van der Waals surface area contributed by atoms with Gasteiger partial charge in [-0.25, -0.2) is 20.2 Å². The van der Waals surface area contributed by atoms with Crippen LogP contribution in [0.4, 0.5) is 39.6 Å². The number of azo groups is 1. The molecule has 4 heterocycles. The van der Waals surface area contributed by atoms with Crippen LogP contribution in [0.3, 0.4) is 0 Å². The predicted molar refractivity (Wildman–Crippen MR) is 284 cm³/mol. The Labute approximate surface area is 443 Å². The van der Waals surface area contributed by atoms with Crippen molar-refractivity contribution in [1.29, 1.82) is 5.26 Å². The molecule has 0 aliphatic rings. The lowest BCUT2D eigenvalue weighted by Crippen LogP contribution is -2.19. The highest BCUT2D eigenvalue weighted by atomic mass is 32.2. The molecule has 75 heavy (non-hydrogen) atoms. The Morgan fingerprint density at radius 1 is 0.747 bits per heavy atom. The van der Waals surface area contributed by atoms with Crippen molar-refractivity contribution in [2.75, 3.05) is 10.2 Å². The maximum Gasteiger partial charge on any atom is 0.295 e. The van der Waals surface area contributed by atoms with E-state index >= 15 is 0 Å². The second kappa shape index (κ2) is 21.4. The fourth-order valence-corrected chi connectivity index (χ4v) is 13.5. The first-order chi connectivity index (χ1) is 35.4. The molecule has 0 aliphatic heterocycles. The van der Waals surface area contributed by atoms with Gasteiger partial charge >= 0.3 is 0 Å². The van der Waals surface area contributed by atoms with Gasteiger partial charge in [-0.3, -0.25) is 18.6 Å². The molecule has 0 atom stereocenters. The van der Waals surface area contributed by atoms with Gasteiger partial charge in [0, 0.05) is 10.6 Å². The summed E-state index contributed by atoms with van der Waals surface area (Å²) < 4.78 is 113. The largest absolute Gasteiger partial charge is 0.338 e. The van der Waals surface area contributed by atoms with Crippen LogP contribution in [-0.4, -0.2) is 68.9 Å². The maximum absolute atomic E-state index is 13.3. The number of fused-ring (bicyclic) bond motifs is 2. The molecule has 8 rings (SSSR count). The SMILES string of the molecule is CCc1cc(C)c(SOOO)c(CC)c1Nc1nc(N(c2nc3ccc(S(=O)(=O)O)cc3s2)c2c(CC)cc(C)c(S(=O)(=O)O)c2CC)cc(C)c1N=Nc1c(C#N)c(C)nn1-c1nc2ccc(S(=O)(=O)O)cc2s1. The van der Waals surface area contributed by atoms with Gasteiger partial charge in [0.15, 0.2) is 16.8 Å². The summed E-state index contributed by atoms with van der Waals surface area (Å²) in [4.78, 5) is 16.0. The van der Waals surface area contributed by atoms with E-state index in [-0.39, 0.29) is 71.3 Å². The van der Waals surface area contributed by atoms with E-state index in [9.17, 15) is 49.4 Å². The minimum absolute atomic E-state index is 0.0357. The lowest BCUT2D eigenvalue weighted by Gasteiger charge is -2.29. The van der Waals surface area contributed by atoms with E-state index < -0.39 is 30.4 Å². The summed E-state index contributed by atoms with van der Waals surface area (Å²) in [7, 11) is -14.0. The van der Waals surface area contributed by atoms with Crippen LogP contribution in [0.15, 0.2) is 84.4 Å². The first kappa shape index (κ1) is 54.9. The molecule has 0 saturated heterocycles. The summed E-state index contributed by atoms with van der Waals surface area (Å²) in [5.41, 5.74) is 5.97. The minimum atomic E-state index is -4.84. The zero-order chi connectivity index (χ0) is 54.5. The molecule has 8 aromatic rings. The average Bonchev–Trinajstić information content (AvgIpc) is 4.06. The molecular weight excluding hydrogens is 1090 g/mol. The highest BCUT2D eigenvalue weighted by Gasteiger charge is 2.32. The molecule has 4 aromatic heterocycles. The number of rotatable bonds is 18. The number of thiazole rings is 2. The molecule has 392 valence electrons.